The van der Waals surface area contributed by atoms with Gasteiger partial charge in [-0.3, -0.25) is 9.59 Å². The third kappa shape index (κ3) is 5.97. The zero-order valence-corrected chi connectivity index (χ0v) is 16.9. The molecule has 0 radical (unpaired) electrons. The summed E-state index contributed by atoms with van der Waals surface area (Å²) in [5.41, 5.74) is 2.74. The molecule has 0 spiro atoms. The molecule has 1 N–H and O–H groups in total. The number of thioether (sulfide) groups is 1. The van der Waals surface area contributed by atoms with Crippen LogP contribution in [0, 0.1) is 13.8 Å². The lowest BCUT2D eigenvalue weighted by atomic mass is 9.95. The van der Waals surface area contributed by atoms with Crippen LogP contribution in [0.3, 0.4) is 0 Å². The number of ether oxygens (including phenoxy) is 1. The van der Waals surface area contributed by atoms with Crippen molar-refractivity contribution in [2.24, 2.45) is 0 Å². The van der Waals surface area contributed by atoms with E-state index in [0.717, 1.165) is 47.8 Å². The van der Waals surface area contributed by atoms with Gasteiger partial charge in [0, 0.05) is 23.9 Å². The van der Waals surface area contributed by atoms with E-state index in [1.165, 1.54) is 18.2 Å². The summed E-state index contributed by atoms with van der Waals surface area (Å²) in [5.74, 6) is -0.575. The van der Waals surface area contributed by atoms with Crippen LogP contribution in [0.4, 0.5) is 0 Å². The molecule has 1 aromatic rings. The van der Waals surface area contributed by atoms with Crippen LogP contribution in [0.15, 0.2) is 5.16 Å². The van der Waals surface area contributed by atoms with Gasteiger partial charge in [0.1, 0.15) is 0 Å². The number of esters is 1. The molecule has 1 heterocycles. The van der Waals surface area contributed by atoms with E-state index in [9.17, 15) is 9.59 Å². The highest BCUT2D eigenvalue weighted by Crippen LogP contribution is 2.18. The van der Waals surface area contributed by atoms with Gasteiger partial charge in [0.2, 0.25) is 0 Å². The van der Waals surface area contributed by atoms with Crippen LogP contribution < -0.4 is 5.32 Å². The lowest BCUT2D eigenvalue weighted by Gasteiger charge is -2.24. The molecule has 1 aliphatic carbocycles. The molecule has 1 aliphatic rings. The minimum absolute atomic E-state index is 0.203. The Morgan fingerprint density at radius 2 is 1.81 bits per heavy atom. The Bertz CT molecular complexity index is 622. The van der Waals surface area contributed by atoms with Crippen LogP contribution in [-0.2, 0) is 20.7 Å². The third-order valence-electron chi connectivity index (χ3n) is 4.79. The van der Waals surface area contributed by atoms with Gasteiger partial charge in [0.15, 0.2) is 11.3 Å². The van der Waals surface area contributed by atoms with Gasteiger partial charge in [-0.1, -0.05) is 31.0 Å². The highest BCUT2D eigenvalue weighted by Gasteiger charge is 2.22. The Kier molecular flexibility index (Phi) is 7.87. The van der Waals surface area contributed by atoms with E-state index in [1.54, 1.807) is 6.92 Å². The van der Waals surface area contributed by atoms with Crippen molar-refractivity contribution in [2.75, 3.05) is 6.26 Å². The van der Waals surface area contributed by atoms with E-state index < -0.39 is 6.10 Å². The zero-order valence-electron chi connectivity index (χ0n) is 16.1. The Labute approximate surface area is 159 Å². The number of aryl methyl sites for hydroxylation is 2. The maximum atomic E-state index is 12.2. The van der Waals surface area contributed by atoms with E-state index in [1.807, 2.05) is 20.1 Å². The van der Waals surface area contributed by atoms with E-state index in [2.05, 4.69) is 15.3 Å². The summed E-state index contributed by atoms with van der Waals surface area (Å²) in [5, 5.41) is 3.73. The number of nitrogens with one attached hydrogen (secondary N) is 1. The summed E-state index contributed by atoms with van der Waals surface area (Å²) in [6.45, 7) is 5.48. The number of aromatic nitrogens is 2. The lowest BCUT2D eigenvalue weighted by Crippen LogP contribution is -2.42. The highest BCUT2D eigenvalue weighted by molar-refractivity contribution is 7.98. The monoisotopic (exact) mass is 379 g/mol. The average Bonchev–Trinajstić information content (AvgIpc) is 2.61. The second-order valence-corrected chi connectivity index (χ2v) is 7.61. The number of amides is 1. The van der Waals surface area contributed by atoms with Crippen LogP contribution in [0.2, 0.25) is 0 Å². The topological polar surface area (TPSA) is 81.2 Å². The maximum absolute atomic E-state index is 12.2. The Morgan fingerprint density at radius 3 is 2.38 bits per heavy atom. The maximum Gasteiger partial charge on any atom is 0.306 e. The number of rotatable bonds is 7. The first-order valence-electron chi connectivity index (χ1n) is 9.28. The van der Waals surface area contributed by atoms with Crippen LogP contribution in [-0.4, -0.2) is 40.2 Å². The molecule has 0 aromatic carbocycles. The van der Waals surface area contributed by atoms with Gasteiger partial charge in [0.05, 0.1) is 0 Å². The molecule has 0 bridgehead atoms. The summed E-state index contributed by atoms with van der Waals surface area (Å²) >= 11 is 1.50. The molecule has 1 fully saturated rings. The fraction of sp³-hybridized carbons (Fsp3) is 0.684. The molecule has 26 heavy (non-hydrogen) atoms. The predicted molar refractivity (Wildman–Crippen MR) is 102 cm³/mol. The van der Waals surface area contributed by atoms with Crippen molar-refractivity contribution in [3.05, 3.63) is 17.0 Å². The molecule has 1 aromatic heterocycles. The van der Waals surface area contributed by atoms with E-state index in [4.69, 9.17) is 4.74 Å². The van der Waals surface area contributed by atoms with E-state index in [-0.39, 0.29) is 24.3 Å². The third-order valence-corrected chi connectivity index (χ3v) is 5.34. The quantitative estimate of drug-likeness (QED) is 0.445. The fourth-order valence-electron chi connectivity index (χ4n) is 3.26. The summed E-state index contributed by atoms with van der Waals surface area (Å²) < 4.78 is 5.30. The molecule has 7 heteroatoms. The predicted octanol–water partition coefficient (Wildman–Crippen LogP) is 3.13. The van der Waals surface area contributed by atoms with Crippen LogP contribution in [0.25, 0.3) is 0 Å². The smallest absolute Gasteiger partial charge is 0.306 e. The summed E-state index contributed by atoms with van der Waals surface area (Å²) in [6.07, 6.45) is 7.45. The van der Waals surface area contributed by atoms with Crippen molar-refractivity contribution in [3.8, 4) is 0 Å². The van der Waals surface area contributed by atoms with Gasteiger partial charge in [-0.05, 0) is 51.9 Å². The largest absolute Gasteiger partial charge is 0.453 e. The minimum atomic E-state index is -0.762. The second-order valence-electron chi connectivity index (χ2n) is 6.84. The van der Waals surface area contributed by atoms with Crippen molar-refractivity contribution in [2.45, 2.75) is 83.0 Å². The Balaban J connectivity index is 1.81. The lowest BCUT2D eigenvalue weighted by molar-refractivity contribution is -0.155. The van der Waals surface area contributed by atoms with Crippen molar-refractivity contribution >= 4 is 23.6 Å². The first-order valence-corrected chi connectivity index (χ1v) is 10.5. The summed E-state index contributed by atoms with van der Waals surface area (Å²) in [7, 11) is 0. The average molecular weight is 380 g/mol. The van der Waals surface area contributed by atoms with Gasteiger partial charge in [-0.2, -0.15) is 0 Å². The normalized spacial score (nSPS) is 16.2. The van der Waals surface area contributed by atoms with Crippen molar-refractivity contribution in [1.82, 2.24) is 15.3 Å². The molecular formula is C19H29N3O3S. The SMILES string of the molecule is CSc1nc(C)c(CCC(=O)O[C@H](C)C(=O)NC2CCCCC2)c(C)n1. The van der Waals surface area contributed by atoms with E-state index >= 15 is 0 Å². The van der Waals surface area contributed by atoms with Crippen LogP contribution in [0.5, 0.6) is 0 Å². The van der Waals surface area contributed by atoms with Gasteiger partial charge < -0.3 is 10.1 Å². The molecule has 2 rings (SSSR count). The molecular weight excluding hydrogens is 350 g/mol. The number of hydrogen-bond donors (Lipinski definition) is 1. The molecule has 0 aliphatic heterocycles. The van der Waals surface area contributed by atoms with Crippen LogP contribution >= 0.6 is 11.8 Å². The van der Waals surface area contributed by atoms with Gasteiger partial charge in [0.25, 0.3) is 5.91 Å². The molecule has 1 atom stereocenters. The molecule has 1 saturated carbocycles. The second kappa shape index (κ2) is 9.90. The fourth-order valence-corrected chi connectivity index (χ4v) is 3.72. The summed E-state index contributed by atoms with van der Waals surface area (Å²) in [6, 6.07) is 0.217. The molecule has 6 nitrogen and oxygen atoms in total. The first kappa shape index (κ1) is 20.7. The number of carbonyl (C=O) groups is 2. The van der Waals surface area contributed by atoms with Gasteiger partial charge >= 0.3 is 5.97 Å². The molecule has 1 amide bonds. The number of carbonyl (C=O) groups excluding carboxylic acids is 2. The first-order chi connectivity index (χ1) is 12.4. The van der Waals surface area contributed by atoms with Crippen molar-refractivity contribution < 1.29 is 14.3 Å². The zero-order chi connectivity index (χ0) is 19.1. The Hall–Kier alpha value is -1.63. The number of nitrogens with zero attached hydrogens (tertiary/aromatic N) is 2. The minimum Gasteiger partial charge on any atom is -0.453 e. The van der Waals surface area contributed by atoms with Crippen molar-refractivity contribution in [1.29, 1.82) is 0 Å². The molecule has 0 saturated heterocycles. The molecule has 0 unspecified atom stereocenters. The van der Waals surface area contributed by atoms with Gasteiger partial charge in [-0.25, -0.2) is 9.97 Å². The Morgan fingerprint density at radius 1 is 1.19 bits per heavy atom. The standard InChI is InChI=1S/C19H29N3O3S/c1-12-16(13(2)21-19(20-12)26-4)10-11-17(23)25-14(3)18(24)22-15-8-6-5-7-9-15/h14-15H,5-11H2,1-4H3,(H,22,24)/t14-/m1/s1. The highest BCUT2D eigenvalue weighted by atomic mass is 32.2. The van der Waals surface area contributed by atoms with Crippen molar-refractivity contribution in [3.63, 3.8) is 0 Å². The summed E-state index contributed by atoms with van der Waals surface area (Å²) in [4.78, 5) is 33.2. The number of hydrogen-bond acceptors (Lipinski definition) is 6. The van der Waals surface area contributed by atoms with Crippen LogP contribution in [0.1, 0.15) is 62.4 Å². The molecule has 144 valence electrons. The van der Waals surface area contributed by atoms with Gasteiger partial charge in [-0.15, -0.1) is 0 Å². The van der Waals surface area contributed by atoms with E-state index in [0.29, 0.717) is 6.42 Å².